The SMILES string of the molecule is CCCC(C)Nc1nc(C2CC2)nc(NC)c1C. The minimum Gasteiger partial charge on any atom is -0.373 e. The van der Waals surface area contributed by atoms with Crippen LogP contribution in [0.15, 0.2) is 0 Å². The fraction of sp³-hybridized carbons (Fsp3) is 0.714. The molecule has 0 bridgehead atoms. The molecule has 18 heavy (non-hydrogen) atoms. The van der Waals surface area contributed by atoms with E-state index in [4.69, 9.17) is 4.98 Å². The van der Waals surface area contributed by atoms with Crippen LogP contribution in [0.3, 0.4) is 0 Å². The zero-order valence-electron chi connectivity index (χ0n) is 11.9. The largest absolute Gasteiger partial charge is 0.373 e. The minimum atomic E-state index is 0.459. The Morgan fingerprint density at radius 1 is 1.28 bits per heavy atom. The Labute approximate surface area is 110 Å². The lowest BCUT2D eigenvalue weighted by atomic mass is 10.2. The van der Waals surface area contributed by atoms with Gasteiger partial charge in [-0.15, -0.1) is 0 Å². The average molecular weight is 248 g/mol. The molecule has 1 aliphatic rings. The maximum absolute atomic E-state index is 4.70. The van der Waals surface area contributed by atoms with E-state index in [1.54, 1.807) is 0 Å². The van der Waals surface area contributed by atoms with Crippen molar-refractivity contribution in [3.63, 3.8) is 0 Å². The summed E-state index contributed by atoms with van der Waals surface area (Å²) >= 11 is 0. The number of anilines is 2. The molecule has 0 aromatic carbocycles. The first-order valence-corrected chi connectivity index (χ1v) is 6.98. The van der Waals surface area contributed by atoms with Crippen LogP contribution in [0.1, 0.15) is 56.8 Å². The van der Waals surface area contributed by atoms with Crippen LogP contribution in [0.25, 0.3) is 0 Å². The van der Waals surface area contributed by atoms with Crippen LogP contribution in [0.5, 0.6) is 0 Å². The topological polar surface area (TPSA) is 49.8 Å². The third-order valence-corrected chi connectivity index (χ3v) is 3.45. The van der Waals surface area contributed by atoms with Crippen molar-refractivity contribution in [2.24, 2.45) is 0 Å². The summed E-state index contributed by atoms with van der Waals surface area (Å²) in [7, 11) is 1.92. The second-order valence-electron chi connectivity index (χ2n) is 5.26. The summed E-state index contributed by atoms with van der Waals surface area (Å²) in [5, 5.41) is 6.69. The third-order valence-electron chi connectivity index (χ3n) is 3.45. The molecule has 0 spiro atoms. The Hall–Kier alpha value is -1.32. The lowest BCUT2D eigenvalue weighted by Crippen LogP contribution is -2.18. The van der Waals surface area contributed by atoms with Gasteiger partial charge in [0.05, 0.1) is 0 Å². The molecule has 1 fully saturated rings. The quantitative estimate of drug-likeness (QED) is 0.811. The molecule has 1 unspecified atom stereocenters. The van der Waals surface area contributed by atoms with E-state index in [0.29, 0.717) is 12.0 Å². The maximum atomic E-state index is 4.70. The molecule has 1 aliphatic carbocycles. The van der Waals surface area contributed by atoms with Crippen LogP contribution in [0, 0.1) is 6.92 Å². The van der Waals surface area contributed by atoms with Gasteiger partial charge in [-0.2, -0.15) is 0 Å². The molecule has 2 rings (SSSR count). The number of nitrogens with one attached hydrogen (secondary N) is 2. The van der Waals surface area contributed by atoms with Crippen molar-refractivity contribution in [1.82, 2.24) is 9.97 Å². The van der Waals surface area contributed by atoms with Gasteiger partial charge in [0.15, 0.2) is 0 Å². The van der Waals surface area contributed by atoms with E-state index in [2.05, 4.69) is 36.4 Å². The highest BCUT2D eigenvalue weighted by Gasteiger charge is 2.28. The van der Waals surface area contributed by atoms with E-state index in [-0.39, 0.29) is 0 Å². The first-order valence-electron chi connectivity index (χ1n) is 6.98. The molecule has 2 N–H and O–H groups in total. The standard InChI is InChI=1S/C14H24N4/c1-5-6-9(2)16-13-10(3)12(15-4)17-14(18-13)11-7-8-11/h9,11H,5-8H2,1-4H3,(H2,15,16,17,18). The third kappa shape index (κ3) is 2.92. The molecule has 1 heterocycles. The molecule has 0 radical (unpaired) electrons. The molecule has 4 nitrogen and oxygen atoms in total. The van der Waals surface area contributed by atoms with Gasteiger partial charge in [0.2, 0.25) is 0 Å². The molecule has 0 aliphatic heterocycles. The first-order chi connectivity index (χ1) is 8.65. The Kier molecular flexibility index (Phi) is 4.04. The van der Waals surface area contributed by atoms with Crippen LogP contribution in [0.2, 0.25) is 0 Å². The fourth-order valence-electron chi connectivity index (χ4n) is 2.18. The zero-order valence-corrected chi connectivity index (χ0v) is 11.9. The van der Waals surface area contributed by atoms with Gasteiger partial charge >= 0.3 is 0 Å². The van der Waals surface area contributed by atoms with Gasteiger partial charge < -0.3 is 10.6 Å². The van der Waals surface area contributed by atoms with E-state index >= 15 is 0 Å². The molecule has 1 aromatic rings. The highest BCUT2D eigenvalue weighted by molar-refractivity contribution is 5.57. The summed E-state index contributed by atoms with van der Waals surface area (Å²) in [6.45, 7) is 6.49. The first kappa shape index (κ1) is 13.1. The number of nitrogens with zero attached hydrogens (tertiary/aromatic N) is 2. The van der Waals surface area contributed by atoms with Gasteiger partial charge in [-0.3, -0.25) is 0 Å². The van der Waals surface area contributed by atoms with Crippen LogP contribution in [-0.2, 0) is 0 Å². The summed E-state index contributed by atoms with van der Waals surface area (Å²) in [6, 6.07) is 0.459. The monoisotopic (exact) mass is 248 g/mol. The smallest absolute Gasteiger partial charge is 0.136 e. The molecule has 1 aromatic heterocycles. The van der Waals surface area contributed by atoms with Crippen molar-refractivity contribution >= 4 is 11.6 Å². The lowest BCUT2D eigenvalue weighted by Gasteiger charge is -2.18. The van der Waals surface area contributed by atoms with Crippen molar-refractivity contribution in [3.8, 4) is 0 Å². The summed E-state index contributed by atoms with van der Waals surface area (Å²) in [5.41, 5.74) is 1.12. The fourth-order valence-corrected chi connectivity index (χ4v) is 2.18. The molecular formula is C14H24N4. The zero-order chi connectivity index (χ0) is 13.1. The molecule has 0 amide bonds. The predicted molar refractivity (Wildman–Crippen MR) is 76.3 cm³/mol. The Bertz CT molecular complexity index is 413. The van der Waals surface area contributed by atoms with Gasteiger partial charge in [0, 0.05) is 24.6 Å². The lowest BCUT2D eigenvalue weighted by molar-refractivity contribution is 0.685. The summed E-state index contributed by atoms with van der Waals surface area (Å²) in [4.78, 5) is 9.31. The summed E-state index contributed by atoms with van der Waals surface area (Å²) in [5.74, 6) is 3.53. The van der Waals surface area contributed by atoms with Crippen LogP contribution < -0.4 is 10.6 Å². The molecule has 1 atom stereocenters. The van der Waals surface area contributed by atoms with Gasteiger partial charge in [-0.1, -0.05) is 13.3 Å². The maximum Gasteiger partial charge on any atom is 0.136 e. The van der Waals surface area contributed by atoms with Gasteiger partial charge in [0.25, 0.3) is 0 Å². The van der Waals surface area contributed by atoms with E-state index in [1.807, 2.05) is 7.05 Å². The predicted octanol–water partition coefficient (Wildman–Crippen LogP) is 3.30. The number of hydrogen-bond donors (Lipinski definition) is 2. The van der Waals surface area contributed by atoms with Gasteiger partial charge in [0.1, 0.15) is 17.5 Å². The Morgan fingerprint density at radius 2 is 1.94 bits per heavy atom. The average Bonchev–Trinajstić information content (AvgIpc) is 3.16. The normalized spacial score (nSPS) is 16.4. The molecular weight excluding hydrogens is 224 g/mol. The van der Waals surface area contributed by atoms with E-state index < -0.39 is 0 Å². The Morgan fingerprint density at radius 3 is 2.50 bits per heavy atom. The van der Waals surface area contributed by atoms with Crippen molar-refractivity contribution in [2.45, 2.75) is 58.4 Å². The van der Waals surface area contributed by atoms with E-state index in [0.717, 1.165) is 29.4 Å². The van der Waals surface area contributed by atoms with E-state index in [1.165, 1.54) is 19.3 Å². The molecule has 4 heteroatoms. The highest BCUT2D eigenvalue weighted by Crippen LogP contribution is 2.39. The number of rotatable bonds is 6. The van der Waals surface area contributed by atoms with Crippen molar-refractivity contribution < 1.29 is 0 Å². The minimum absolute atomic E-state index is 0.459. The van der Waals surface area contributed by atoms with Crippen molar-refractivity contribution in [1.29, 1.82) is 0 Å². The van der Waals surface area contributed by atoms with Crippen LogP contribution >= 0.6 is 0 Å². The Balaban J connectivity index is 2.23. The molecule has 0 saturated heterocycles. The van der Waals surface area contributed by atoms with Crippen molar-refractivity contribution in [3.05, 3.63) is 11.4 Å². The molecule has 1 saturated carbocycles. The summed E-state index contributed by atoms with van der Waals surface area (Å²) < 4.78 is 0. The second kappa shape index (κ2) is 5.55. The summed E-state index contributed by atoms with van der Waals surface area (Å²) in [6.07, 6.45) is 4.82. The molecule has 100 valence electrons. The number of hydrogen-bond acceptors (Lipinski definition) is 4. The van der Waals surface area contributed by atoms with E-state index in [9.17, 15) is 0 Å². The van der Waals surface area contributed by atoms with Gasteiger partial charge in [-0.25, -0.2) is 9.97 Å². The number of aromatic nitrogens is 2. The van der Waals surface area contributed by atoms with Crippen molar-refractivity contribution in [2.75, 3.05) is 17.7 Å². The van der Waals surface area contributed by atoms with Crippen LogP contribution in [-0.4, -0.2) is 23.1 Å². The van der Waals surface area contributed by atoms with Gasteiger partial charge in [-0.05, 0) is 33.1 Å². The van der Waals surface area contributed by atoms with Crippen LogP contribution in [0.4, 0.5) is 11.6 Å². The highest BCUT2D eigenvalue weighted by atomic mass is 15.1. The second-order valence-corrected chi connectivity index (χ2v) is 5.26.